The zero-order valence-corrected chi connectivity index (χ0v) is 15.1. The summed E-state index contributed by atoms with van der Waals surface area (Å²) < 4.78 is 0. The Balaban J connectivity index is 1.54. The first kappa shape index (κ1) is 15.7. The number of nitrogens with one attached hydrogen (secondary N) is 3. The average molecular weight is 378 g/mol. The molecule has 0 aliphatic heterocycles. The van der Waals surface area contributed by atoms with Gasteiger partial charge in [-0.2, -0.15) is 10.2 Å². The van der Waals surface area contributed by atoms with Crippen LogP contribution in [0.4, 0.5) is 0 Å². The van der Waals surface area contributed by atoms with Gasteiger partial charge in [0.2, 0.25) is 0 Å². The molecule has 0 spiro atoms. The molecule has 6 heterocycles. The van der Waals surface area contributed by atoms with Crippen molar-refractivity contribution in [2.24, 2.45) is 0 Å². The number of aromatic nitrogens is 8. The quantitative estimate of drug-likeness (QED) is 0.432. The van der Waals surface area contributed by atoms with Crippen LogP contribution in [0.1, 0.15) is 0 Å². The van der Waals surface area contributed by atoms with E-state index in [0.29, 0.717) is 0 Å². The van der Waals surface area contributed by atoms with E-state index in [0.717, 1.165) is 55.7 Å². The van der Waals surface area contributed by atoms with Gasteiger partial charge in [0.25, 0.3) is 0 Å². The van der Waals surface area contributed by atoms with Gasteiger partial charge in [-0.1, -0.05) is 6.07 Å². The maximum absolute atomic E-state index is 4.53. The minimum atomic E-state index is 0.807. The Morgan fingerprint density at radius 3 is 2.72 bits per heavy atom. The molecule has 0 amide bonds. The number of fused-ring (bicyclic) bond motifs is 2. The van der Waals surface area contributed by atoms with Gasteiger partial charge in [0.15, 0.2) is 0 Å². The van der Waals surface area contributed by atoms with Crippen molar-refractivity contribution in [3.8, 4) is 33.8 Å². The number of pyridine rings is 3. The molecule has 3 N–H and O–H groups in total. The Kier molecular flexibility index (Phi) is 3.30. The number of aromatic amines is 3. The summed E-state index contributed by atoms with van der Waals surface area (Å²) >= 11 is 0. The van der Waals surface area contributed by atoms with E-state index in [4.69, 9.17) is 0 Å². The van der Waals surface area contributed by atoms with Gasteiger partial charge in [0, 0.05) is 46.7 Å². The van der Waals surface area contributed by atoms with Gasteiger partial charge in [-0.3, -0.25) is 20.2 Å². The lowest BCUT2D eigenvalue weighted by atomic mass is 10.1. The molecule has 0 aliphatic rings. The van der Waals surface area contributed by atoms with Crippen LogP contribution in [0.3, 0.4) is 0 Å². The van der Waals surface area contributed by atoms with E-state index in [9.17, 15) is 0 Å². The molecule has 0 aliphatic carbocycles. The lowest BCUT2D eigenvalue weighted by Gasteiger charge is -2.01. The van der Waals surface area contributed by atoms with E-state index in [1.807, 2.05) is 36.7 Å². The number of H-pyrrole nitrogens is 3. The molecule has 0 fully saturated rings. The first-order chi connectivity index (χ1) is 14.4. The molecule has 6 rings (SSSR count). The molecule has 0 bridgehead atoms. The Hall–Kier alpha value is -4.33. The Morgan fingerprint density at radius 1 is 0.862 bits per heavy atom. The third kappa shape index (κ3) is 2.50. The predicted octanol–water partition coefficient (Wildman–Crippen LogP) is 3.95. The normalized spacial score (nSPS) is 11.4. The van der Waals surface area contributed by atoms with Crippen molar-refractivity contribution in [2.45, 2.75) is 0 Å². The molecule has 8 heteroatoms. The number of hydrogen-bond donors (Lipinski definition) is 3. The third-order valence-corrected chi connectivity index (χ3v) is 5.00. The molecule has 138 valence electrons. The van der Waals surface area contributed by atoms with Crippen LogP contribution in [0, 0.1) is 0 Å². The van der Waals surface area contributed by atoms with Crippen molar-refractivity contribution in [2.75, 3.05) is 0 Å². The van der Waals surface area contributed by atoms with Crippen LogP contribution in [-0.4, -0.2) is 40.3 Å². The molecule has 0 unspecified atom stereocenters. The number of hydrogen-bond acceptors (Lipinski definition) is 5. The van der Waals surface area contributed by atoms with Crippen molar-refractivity contribution in [1.29, 1.82) is 0 Å². The predicted molar refractivity (Wildman–Crippen MR) is 110 cm³/mol. The second kappa shape index (κ2) is 6.10. The van der Waals surface area contributed by atoms with Crippen molar-refractivity contribution in [3.05, 3.63) is 67.5 Å². The van der Waals surface area contributed by atoms with Crippen molar-refractivity contribution in [3.63, 3.8) is 0 Å². The summed E-state index contributed by atoms with van der Waals surface area (Å²) in [6.07, 6.45) is 10.8. The first-order valence-corrected chi connectivity index (χ1v) is 9.08. The monoisotopic (exact) mass is 378 g/mol. The van der Waals surface area contributed by atoms with Crippen LogP contribution >= 0.6 is 0 Å². The summed E-state index contributed by atoms with van der Waals surface area (Å²) in [5, 5.41) is 16.4. The molecule has 0 radical (unpaired) electrons. The minimum Gasteiger partial charge on any atom is -0.338 e. The highest BCUT2D eigenvalue weighted by atomic mass is 15.1. The van der Waals surface area contributed by atoms with Crippen molar-refractivity contribution >= 4 is 21.9 Å². The van der Waals surface area contributed by atoms with Gasteiger partial charge >= 0.3 is 0 Å². The van der Waals surface area contributed by atoms with Crippen LogP contribution in [-0.2, 0) is 0 Å². The number of rotatable bonds is 3. The second-order valence-electron chi connectivity index (χ2n) is 6.72. The molecule has 8 nitrogen and oxygen atoms in total. The Morgan fingerprint density at radius 2 is 1.86 bits per heavy atom. The van der Waals surface area contributed by atoms with Crippen LogP contribution < -0.4 is 0 Å². The summed E-state index contributed by atoms with van der Waals surface area (Å²) in [5.41, 5.74) is 7.26. The van der Waals surface area contributed by atoms with Crippen LogP contribution in [0.15, 0.2) is 67.5 Å². The van der Waals surface area contributed by atoms with Crippen LogP contribution in [0.25, 0.3) is 55.7 Å². The molecule has 0 aromatic carbocycles. The second-order valence-corrected chi connectivity index (χ2v) is 6.72. The topological polar surface area (TPSA) is 112 Å². The molecule has 0 atom stereocenters. The lowest BCUT2D eigenvalue weighted by molar-refractivity contribution is 1.09. The zero-order valence-electron chi connectivity index (χ0n) is 15.1. The standard InChI is InChI=1S/C21H14N8/c1-2-12(8-22-4-1)14-3-5-23-21-15(14)6-18(27-21)20-16-7-17(13-9-25-26-10-13)24-11-19(16)28-29-20/h1-11H,(H,23,27)(H,25,26)(H,28,29). The lowest BCUT2D eigenvalue weighted by Crippen LogP contribution is -1.83. The fraction of sp³-hybridized carbons (Fsp3) is 0. The summed E-state index contributed by atoms with van der Waals surface area (Å²) in [7, 11) is 0. The largest absolute Gasteiger partial charge is 0.338 e. The van der Waals surface area contributed by atoms with E-state index in [1.165, 1.54) is 0 Å². The third-order valence-electron chi connectivity index (χ3n) is 5.00. The van der Waals surface area contributed by atoms with Gasteiger partial charge < -0.3 is 4.98 Å². The maximum Gasteiger partial charge on any atom is 0.138 e. The van der Waals surface area contributed by atoms with Gasteiger partial charge in [0.05, 0.1) is 29.3 Å². The molecule has 0 saturated carbocycles. The van der Waals surface area contributed by atoms with E-state index < -0.39 is 0 Å². The van der Waals surface area contributed by atoms with Crippen LogP contribution in [0.5, 0.6) is 0 Å². The van der Waals surface area contributed by atoms with Crippen LogP contribution in [0.2, 0.25) is 0 Å². The summed E-state index contributed by atoms with van der Waals surface area (Å²) in [6, 6.07) is 10.1. The molecule has 6 aromatic heterocycles. The molecular weight excluding hydrogens is 364 g/mol. The smallest absolute Gasteiger partial charge is 0.138 e. The van der Waals surface area contributed by atoms with Gasteiger partial charge in [0.1, 0.15) is 11.3 Å². The van der Waals surface area contributed by atoms with Gasteiger partial charge in [-0.15, -0.1) is 0 Å². The fourth-order valence-electron chi connectivity index (χ4n) is 3.60. The summed E-state index contributed by atoms with van der Waals surface area (Å²) in [6.45, 7) is 0. The van der Waals surface area contributed by atoms with E-state index in [-0.39, 0.29) is 0 Å². The highest BCUT2D eigenvalue weighted by Gasteiger charge is 2.15. The fourth-order valence-corrected chi connectivity index (χ4v) is 3.60. The van der Waals surface area contributed by atoms with E-state index in [2.05, 4.69) is 46.4 Å². The van der Waals surface area contributed by atoms with Gasteiger partial charge in [-0.25, -0.2) is 4.98 Å². The van der Waals surface area contributed by atoms with Gasteiger partial charge in [-0.05, 0) is 29.8 Å². The molecule has 0 saturated heterocycles. The van der Waals surface area contributed by atoms with E-state index >= 15 is 0 Å². The van der Waals surface area contributed by atoms with Crippen molar-refractivity contribution in [1.82, 2.24) is 40.3 Å². The SMILES string of the molecule is c1cncc(-c2ccnc3[nH]c(-c4n[nH]c5cnc(-c6cn[nH]c6)cc45)cc23)c1. The first-order valence-electron chi connectivity index (χ1n) is 9.08. The molecular formula is C21H14N8. The van der Waals surface area contributed by atoms with Crippen molar-refractivity contribution < 1.29 is 0 Å². The summed E-state index contributed by atoms with van der Waals surface area (Å²) in [4.78, 5) is 16.6. The molecule has 29 heavy (non-hydrogen) atoms. The summed E-state index contributed by atoms with van der Waals surface area (Å²) in [5.74, 6) is 0. The highest BCUT2D eigenvalue weighted by Crippen LogP contribution is 2.33. The average Bonchev–Trinajstić information content (AvgIpc) is 3.52. The Bertz CT molecular complexity index is 1440. The minimum absolute atomic E-state index is 0.807. The highest BCUT2D eigenvalue weighted by molar-refractivity contribution is 6.00. The Labute approximate surface area is 164 Å². The zero-order chi connectivity index (χ0) is 19.2. The molecule has 6 aromatic rings. The maximum atomic E-state index is 4.53. The number of nitrogens with zero attached hydrogens (tertiary/aromatic N) is 5. The van der Waals surface area contributed by atoms with E-state index in [1.54, 1.807) is 24.8 Å².